The lowest BCUT2D eigenvalue weighted by Gasteiger charge is -2.33. The lowest BCUT2D eigenvalue weighted by atomic mass is 9.84. The van der Waals surface area contributed by atoms with E-state index in [2.05, 4.69) is 57.0 Å². The van der Waals surface area contributed by atoms with Gasteiger partial charge in [-0.15, -0.1) is 5.10 Å². The van der Waals surface area contributed by atoms with Gasteiger partial charge in [0.25, 0.3) is 0 Å². The number of nitrogens with two attached hydrogens (primary N) is 1. The summed E-state index contributed by atoms with van der Waals surface area (Å²) in [7, 11) is 2.11. The van der Waals surface area contributed by atoms with Gasteiger partial charge in [0.2, 0.25) is 0 Å². The number of anilines is 1. The fraction of sp³-hybridized carbons (Fsp3) is 0.414. The number of nitrogens with zero attached hydrogens (tertiary/aromatic N) is 3. The number of primary amides is 1. The molecule has 2 heterocycles. The zero-order valence-corrected chi connectivity index (χ0v) is 24.6. The lowest BCUT2D eigenvalue weighted by molar-refractivity contribution is 0.0173. The number of rotatable bonds is 15. The fourth-order valence-electron chi connectivity index (χ4n) is 4.72. The van der Waals surface area contributed by atoms with E-state index in [0.29, 0.717) is 68.6 Å². The van der Waals surface area contributed by atoms with E-state index in [1.165, 1.54) is 11.1 Å². The van der Waals surface area contributed by atoms with Crippen molar-refractivity contribution in [1.82, 2.24) is 20.4 Å². The molecule has 220 valence electrons. The van der Waals surface area contributed by atoms with Gasteiger partial charge < -0.3 is 35.5 Å². The molecule has 10 nitrogen and oxygen atoms in total. The summed E-state index contributed by atoms with van der Waals surface area (Å²) in [6.45, 7) is 5.36. The van der Waals surface area contributed by atoms with Crippen LogP contribution in [0.3, 0.4) is 0 Å². The zero-order chi connectivity index (χ0) is 29.0. The normalized spacial score (nSPS) is 15.0. The minimum Gasteiger partial charge on any atom is -0.377 e. The number of aromatic nitrogens is 2. The first kappa shape index (κ1) is 31.0. The number of urea groups is 1. The second-order valence-corrected chi connectivity index (χ2v) is 10.6. The van der Waals surface area contributed by atoms with Gasteiger partial charge in [-0.05, 0) is 47.5 Å². The van der Waals surface area contributed by atoms with Gasteiger partial charge >= 0.3 is 6.03 Å². The number of carbonyl (C=O) groups excluding carboxylic acids is 1. The summed E-state index contributed by atoms with van der Waals surface area (Å²) in [5.74, 6) is 0.837. The highest BCUT2D eigenvalue weighted by atomic mass is 35.5. The average molecular weight is 604 g/mol. The van der Waals surface area contributed by atoms with Gasteiger partial charge in [0.15, 0.2) is 0 Å². The average Bonchev–Trinajstić information content (AvgIpc) is 2.95. The molecular weight excluding hydrogens is 567 g/mol. The third-order valence-corrected chi connectivity index (χ3v) is 7.17. The Labute approximate surface area is 250 Å². The van der Waals surface area contributed by atoms with E-state index in [1.807, 2.05) is 18.2 Å². The Bertz CT molecular complexity index is 1300. The maximum Gasteiger partial charge on any atom is 0.312 e. The Morgan fingerprint density at radius 2 is 1.73 bits per heavy atom. The highest BCUT2D eigenvalue weighted by Gasteiger charge is 2.27. The molecule has 1 atom stereocenters. The second-order valence-electron chi connectivity index (χ2n) is 9.71. The van der Waals surface area contributed by atoms with Gasteiger partial charge in [-0.3, -0.25) is 0 Å². The molecule has 41 heavy (non-hydrogen) atoms. The molecule has 0 radical (unpaired) electrons. The Balaban J connectivity index is 1.23. The van der Waals surface area contributed by atoms with Gasteiger partial charge in [0, 0.05) is 47.7 Å². The van der Waals surface area contributed by atoms with E-state index in [4.69, 9.17) is 43.1 Å². The van der Waals surface area contributed by atoms with Crippen LogP contribution < -0.4 is 16.4 Å². The minimum atomic E-state index is -0.561. The van der Waals surface area contributed by atoms with Gasteiger partial charge in [-0.1, -0.05) is 47.5 Å². The van der Waals surface area contributed by atoms with Crippen LogP contribution in [-0.2, 0) is 20.8 Å². The van der Waals surface area contributed by atoms with Crippen molar-refractivity contribution < 1.29 is 19.0 Å². The number of halogens is 2. The summed E-state index contributed by atoms with van der Waals surface area (Å²) in [4.78, 5) is 12.8. The number of carbonyl (C=O) groups is 1. The molecule has 0 unspecified atom stereocenters. The molecule has 0 bridgehead atoms. The number of nitrogens with one attached hydrogen (secondary N) is 2. The van der Waals surface area contributed by atoms with Gasteiger partial charge in [0.05, 0.1) is 45.8 Å². The molecule has 12 heteroatoms. The number of fused-ring (bicyclic) bond motifs is 1. The molecule has 0 saturated heterocycles. The molecule has 0 aliphatic carbocycles. The van der Waals surface area contributed by atoms with E-state index >= 15 is 0 Å². The minimum absolute atomic E-state index is 0.159. The Hall–Kier alpha value is -2.99. The standard InChI is InChI=1S/C29H36Cl2N6O4/c1-37-18-25(24-15-23(30)16-27(31)26(24)19-37)21-4-2-3-20(13-21)22-14-28(36-35-17-22)33-5-7-39-9-11-41-12-10-40-8-6-34-29(32)38/h2-4,13-17,25H,5-12,18-19H2,1H3,(H,33,36)(H3,32,34,38)/t25-/m0/s1. The van der Waals surface area contributed by atoms with Gasteiger partial charge in [0.1, 0.15) is 5.82 Å². The summed E-state index contributed by atoms with van der Waals surface area (Å²) in [5, 5.41) is 15.5. The molecule has 0 fully saturated rings. The van der Waals surface area contributed by atoms with Crippen LogP contribution in [-0.4, -0.2) is 87.5 Å². The molecule has 4 N–H and O–H groups in total. The third-order valence-electron chi connectivity index (χ3n) is 6.61. The molecule has 1 aliphatic rings. The first-order chi connectivity index (χ1) is 19.9. The van der Waals surface area contributed by atoms with Crippen LogP contribution in [0.25, 0.3) is 11.1 Å². The highest BCUT2D eigenvalue weighted by molar-refractivity contribution is 6.35. The highest BCUT2D eigenvalue weighted by Crippen LogP contribution is 2.39. The molecule has 1 aliphatic heterocycles. The topological polar surface area (TPSA) is 124 Å². The molecule has 1 aromatic heterocycles. The zero-order valence-electron chi connectivity index (χ0n) is 23.1. The molecule has 2 amide bonds. The van der Waals surface area contributed by atoms with Crippen molar-refractivity contribution in [3.63, 3.8) is 0 Å². The molecule has 0 spiro atoms. The summed E-state index contributed by atoms with van der Waals surface area (Å²) in [6.07, 6.45) is 1.77. The largest absolute Gasteiger partial charge is 0.377 e. The van der Waals surface area contributed by atoms with Crippen molar-refractivity contribution >= 4 is 35.1 Å². The molecule has 2 aromatic carbocycles. The van der Waals surface area contributed by atoms with Crippen LogP contribution in [0.1, 0.15) is 22.6 Å². The van der Waals surface area contributed by atoms with E-state index in [-0.39, 0.29) is 5.92 Å². The number of ether oxygens (including phenoxy) is 3. The predicted octanol–water partition coefficient (Wildman–Crippen LogP) is 4.16. The summed E-state index contributed by atoms with van der Waals surface area (Å²) in [6, 6.07) is 13.8. The van der Waals surface area contributed by atoms with Crippen LogP contribution in [0.2, 0.25) is 10.0 Å². The first-order valence-corrected chi connectivity index (χ1v) is 14.3. The Morgan fingerprint density at radius 1 is 1.00 bits per heavy atom. The van der Waals surface area contributed by atoms with Gasteiger partial charge in [-0.25, -0.2) is 4.79 Å². The maximum atomic E-state index is 10.6. The molecule has 0 saturated carbocycles. The molecule has 3 aromatic rings. The van der Waals surface area contributed by atoms with E-state index in [9.17, 15) is 4.79 Å². The monoisotopic (exact) mass is 602 g/mol. The molecule has 4 rings (SSSR count). The quantitative estimate of drug-likeness (QED) is 0.222. The second kappa shape index (κ2) is 15.9. The van der Waals surface area contributed by atoms with Crippen LogP contribution in [0.5, 0.6) is 0 Å². The van der Waals surface area contributed by atoms with E-state index in [0.717, 1.165) is 29.8 Å². The van der Waals surface area contributed by atoms with Crippen molar-refractivity contribution in [2.45, 2.75) is 12.5 Å². The van der Waals surface area contributed by atoms with Gasteiger partial charge in [-0.2, -0.15) is 5.10 Å². The van der Waals surface area contributed by atoms with Crippen LogP contribution >= 0.6 is 23.2 Å². The fourth-order valence-corrected chi connectivity index (χ4v) is 5.28. The smallest absolute Gasteiger partial charge is 0.312 e. The van der Waals surface area contributed by atoms with Crippen molar-refractivity contribution in [2.24, 2.45) is 5.73 Å². The van der Waals surface area contributed by atoms with Crippen molar-refractivity contribution in [3.05, 3.63) is 75.4 Å². The predicted molar refractivity (Wildman–Crippen MR) is 161 cm³/mol. The third kappa shape index (κ3) is 9.53. The SMILES string of the molecule is CN1Cc2c(Cl)cc(Cl)cc2[C@H](c2cccc(-c3cnnc(NCCOCCOCCOCCNC(N)=O)c3)c2)C1. The molecular formula is C29H36Cl2N6O4. The number of hydrogen-bond acceptors (Lipinski definition) is 8. The number of benzene rings is 2. The summed E-state index contributed by atoms with van der Waals surface area (Å²) >= 11 is 12.9. The van der Waals surface area contributed by atoms with E-state index < -0.39 is 6.03 Å². The maximum absolute atomic E-state index is 10.6. The van der Waals surface area contributed by atoms with Crippen molar-refractivity contribution in [1.29, 1.82) is 0 Å². The van der Waals surface area contributed by atoms with E-state index in [1.54, 1.807) is 6.20 Å². The number of amides is 2. The lowest BCUT2D eigenvalue weighted by Crippen LogP contribution is -2.32. The van der Waals surface area contributed by atoms with Crippen molar-refractivity contribution in [3.8, 4) is 11.1 Å². The number of likely N-dealkylation sites (N-methyl/N-ethyl adjacent to an activating group) is 1. The first-order valence-electron chi connectivity index (χ1n) is 13.5. The summed E-state index contributed by atoms with van der Waals surface area (Å²) < 4.78 is 16.4. The van der Waals surface area contributed by atoms with Crippen LogP contribution in [0.4, 0.5) is 10.6 Å². The van der Waals surface area contributed by atoms with Crippen molar-refractivity contribution in [2.75, 3.05) is 71.6 Å². The summed E-state index contributed by atoms with van der Waals surface area (Å²) in [5.41, 5.74) is 10.5. The number of hydrogen-bond donors (Lipinski definition) is 3. The van der Waals surface area contributed by atoms with Crippen LogP contribution in [0, 0.1) is 0 Å². The Kier molecular flexibility index (Phi) is 12.0. The van der Waals surface area contributed by atoms with Crippen LogP contribution in [0.15, 0.2) is 48.7 Å². The Morgan fingerprint density at radius 3 is 2.49 bits per heavy atom.